The summed E-state index contributed by atoms with van der Waals surface area (Å²) in [5, 5.41) is 8.32. The highest BCUT2D eigenvalue weighted by atomic mass is 32.1. The highest BCUT2D eigenvalue weighted by Crippen LogP contribution is 2.14. The molecule has 0 bridgehead atoms. The number of ketones is 1. The maximum atomic E-state index is 11.7. The first-order valence-electron chi connectivity index (χ1n) is 4.00. The van der Waals surface area contributed by atoms with Crippen LogP contribution in [0.5, 0.6) is 0 Å². The van der Waals surface area contributed by atoms with E-state index in [1.165, 1.54) is 16.0 Å². The molecule has 5 nitrogen and oxygen atoms in total. The van der Waals surface area contributed by atoms with Gasteiger partial charge in [0.1, 0.15) is 0 Å². The van der Waals surface area contributed by atoms with Crippen molar-refractivity contribution in [2.45, 2.75) is 6.92 Å². The van der Waals surface area contributed by atoms with Crippen LogP contribution in [0, 0.1) is 6.92 Å². The Morgan fingerprint density at radius 3 is 2.86 bits per heavy atom. The lowest BCUT2D eigenvalue weighted by atomic mass is 10.3. The van der Waals surface area contributed by atoms with Gasteiger partial charge >= 0.3 is 0 Å². The summed E-state index contributed by atoms with van der Waals surface area (Å²) in [6.07, 6.45) is 3.16. The molecule has 72 valence electrons. The van der Waals surface area contributed by atoms with Crippen molar-refractivity contribution in [2.75, 3.05) is 0 Å². The van der Waals surface area contributed by atoms with Gasteiger partial charge in [-0.1, -0.05) is 5.21 Å². The fraction of sp³-hybridized carbons (Fsp3) is 0.250. The number of hydrogen-bond donors (Lipinski definition) is 0. The molecule has 2 aromatic heterocycles. The van der Waals surface area contributed by atoms with E-state index in [0.717, 1.165) is 5.01 Å². The molecule has 0 unspecified atom stereocenters. The summed E-state index contributed by atoms with van der Waals surface area (Å²) < 4.78 is 1.50. The summed E-state index contributed by atoms with van der Waals surface area (Å²) in [7, 11) is 1.72. The fourth-order valence-electron chi connectivity index (χ4n) is 1.04. The molecule has 0 aromatic carbocycles. The molecule has 0 N–H and O–H groups in total. The van der Waals surface area contributed by atoms with E-state index in [0.29, 0.717) is 10.6 Å². The van der Waals surface area contributed by atoms with Gasteiger partial charge in [-0.3, -0.25) is 9.48 Å². The average Bonchev–Trinajstić information content (AvgIpc) is 2.73. The molecule has 0 saturated carbocycles. The molecule has 0 aliphatic carbocycles. The molecule has 0 radical (unpaired) electrons. The number of thiazole rings is 1. The van der Waals surface area contributed by atoms with Crippen molar-refractivity contribution < 1.29 is 4.79 Å². The lowest BCUT2D eigenvalue weighted by molar-refractivity contribution is 0.103. The molecular weight excluding hydrogens is 200 g/mol. The van der Waals surface area contributed by atoms with Gasteiger partial charge in [-0.05, 0) is 6.92 Å². The first-order chi connectivity index (χ1) is 6.66. The van der Waals surface area contributed by atoms with E-state index in [9.17, 15) is 4.79 Å². The molecule has 2 heterocycles. The Bertz CT molecular complexity index is 431. The van der Waals surface area contributed by atoms with Crippen molar-refractivity contribution in [3.05, 3.63) is 28.0 Å². The van der Waals surface area contributed by atoms with Gasteiger partial charge in [0, 0.05) is 13.2 Å². The molecule has 0 aliphatic rings. The van der Waals surface area contributed by atoms with Crippen molar-refractivity contribution in [3.8, 4) is 0 Å². The van der Waals surface area contributed by atoms with E-state index in [1.54, 1.807) is 19.4 Å². The van der Waals surface area contributed by atoms with Gasteiger partial charge in [0.15, 0.2) is 5.69 Å². The first kappa shape index (κ1) is 9.01. The zero-order valence-corrected chi connectivity index (χ0v) is 8.58. The summed E-state index contributed by atoms with van der Waals surface area (Å²) in [6.45, 7) is 1.86. The van der Waals surface area contributed by atoms with Crippen LogP contribution in [0.25, 0.3) is 0 Å². The Balaban J connectivity index is 2.33. The highest BCUT2D eigenvalue weighted by molar-refractivity contribution is 7.13. The minimum Gasteiger partial charge on any atom is -0.286 e. The number of aryl methyl sites for hydroxylation is 2. The van der Waals surface area contributed by atoms with E-state index >= 15 is 0 Å². The third-order valence-electron chi connectivity index (χ3n) is 1.68. The molecule has 0 amide bonds. The Morgan fingerprint density at radius 1 is 1.57 bits per heavy atom. The predicted molar refractivity (Wildman–Crippen MR) is 51.3 cm³/mol. The normalized spacial score (nSPS) is 10.4. The van der Waals surface area contributed by atoms with Crippen molar-refractivity contribution in [2.24, 2.45) is 7.05 Å². The molecule has 0 atom stereocenters. The second-order valence-electron chi connectivity index (χ2n) is 2.85. The fourth-order valence-corrected chi connectivity index (χ4v) is 1.77. The van der Waals surface area contributed by atoms with E-state index in [4.69, 9.17) is 0 Å². The molecule has 0 aliphatic heterocycles. The quantitative estimate of drug-likeness (QED) is 0.685. The first-order valence-corrected chi connectivity index (χ1v) is 4.82. The standard InChI is InChI=1S/C8H8N4OS/c1-5-9-3-7(14-5)8(13)6-4-12(2)11-10-6/h3-4H,1-2H3. The van der Waals surface area contributed by atoms with Crippen LogP contribution >= 0.6 is 11.3 Å². The minimum absolute atomic E-state index is 0.122. The maximum Gasteiger partial charge on any atom is 0.226 e. The SMILES string of the molecule is Cc1ncc(C(=O)c2cn(C)nn2)s1. The number of hydrogen-bond acceptors (Lipinski definition) is 5. The lowest BCUT2D eigenvalue weighted by Crippen LogP contribution is -1.98. The molecule has 2 aromatic rings. The lowest BCUT2D eigenvalue weighted by Gasteiger charge is -1.87. The van der Waals surface area contributed by atoms with Crippen LogP contribution in [0.1, 0.15) is 20.4 Å². The van der Waals surface area contributed by atoms with Gasteiger partial charge < -0.3 is 0 Å². The Kier molecular flexibility index (Phi) is 2.12. The molecule has 0 spiro atoms. The number of nitrogens with zero attached hydrogens (tertiary/aromatic N) is 4. The maximum absolute atomic E-state index is 11.7. The van der Waals surface area contributed by atoms with Crippen LogP contribution in [-0.4, -0.2) is 25.8 Å². The Morgan fingerprint density at radius 2 is 2.36 bits per heavy atom. The van der Waals surface area contributed by atoms with Crippen LogP contribution in [0.15, 0.2) is 12.4 Å². The highest BCUT2D eigenvalue weighted by Gasteiger charge is 2.14. The van der Waals surface area contributed by atoms with Crippen molar-refractivity contribution in [3.63, 3.8) is 0 Å². The largest absolute Gasteiger partial charge is 0.286 e. The van der Waals surface area contributed by atoms with E-state index in [-0.39, 0.29) is 5.78 Å². The molecule has 6 heteroatoms. The van der Waals surface area contributed by atoms with E-state index in [1.807, 2.05) is 6.92 Å². The van der Waals surface area contributed by atoms with Crippen LogP contribution in [-0.2, 0) is 7.05 Å². The van der Waals surface area contributed by atoms with Crippen molar-refractivity contribution in [1.82, 2.24) is 20.0 Å². The molecule has 14 heavy (non-hydrogen) atoms. The predicted octanol–water partition coefficient (Wildman–Crippen LogP) is 0.811. The van der Waals surface area contributed by atoms with Crippen molar-refractivity contribution >= 4 is 17.1 Å². The van der Waals surface area contributed by atoms with Crippen LogP contribution in [0.4, 0.5) is 0 Å². The van der Waals surface area contributed by atoms with E-state index in [2.05, 4.69) is 15.3 Å². The smallest absolute Gasteiger partial charge is 0.226 e. The van der Waals surface area contributed by atoms with Gasteiger partial charge in [0.05, 0.1) is 16.1 Å². The van der Waals surface area contributed by atoms with Crippen LogP contribution in [0.3, 0.4) is 0 Å². The summed E-state index contributed by atoms with van der Waals surface area (Å²) >= 11 is 1.36. The van der Waals surface area contributed by atoms with Gasteiger partial charge in [0.2, 0.25) is 5.78 Å². The Hall–Kier alpha value is -1.56. The van der Waals surface area contributed by atoms with E-state index < -0.39 is 0 Å². The van der Waals surface area contributed by atoms with Crippen molar-refractivity contribution in [1.29, 1.82) is 0 Å². The Labute approximate surface area is 84.4 Å². The van der Waals surface area contributed by atoms with Gasteiger partial charge in [0.25, 0.3) is 0 Å². The number of aromatic nitrogens is 4. The summed E-state index contributed by atoms with van der Waals surface area (Å²) in [5.74, 6) is -0.122. The zero-order valence-electron chi connectivity index (χ0n) is 7.76. The monoisotopic (exact) mass is 208 g/mol. The van der Waals surface area contributed by atoms with Crippen LogP contribution < -0.4 is 0 Å². The number of carbonyl (C=O) groups excluding carboxylic acids is 1. The number of carbonyl (C=O) groups is 1. The molecule has 2 rings (SSSR count). The molecule has 0 fully saturated rings. The molecular formula is C8H8N4OS. The zero-order chi connectivity index (χ0) is 10.1. The third kappa shape index (κ3) is 1.56. The summed E-state index contributed by atoms with van der Waals surface area (Å²) in [4.78, 5) is 16.3. The number of rotatable bonds is 2. The summed E-state index contributed by atoms with van der Waals surface area (Å²) in [6, 6.07) is 0. The average molecular weight is 208 g/mol. The second kappa shape index (κ2) is 3.30. The van der Waals surface area contributed by atoms with Gasteiger partial charge in [-0.25, -0.2) is 4.98 Å². The van der Waals surface area contributed by atoms with Gasteiger partial charge in [-0.15, -0.1) is 16.4 Å². The minimum atomic E-state index is -0.122. The topological polar surface area (TPSA) is 60.7 Å². The van der Waals surface area contributed by atoms with Gasteiger partial charge in [-0.2, -0.15) is 0 Å². The third-order valence-corrected chi connectivity index (χ3v) is 2.59. The molecule has 0 saturated heterocycles. The van der Waals surface area contributed by atoms with Crippen LogP contribution in [0.2, 0.25) is 0 Å². The summed E-state index contributed by atoms with van der Waals surface area (Å²) in [5.41, 5.74) is 0.358. The second-order valence-corrected chi connectivity index (χ2v) is 4.08.